The van der Waals surface area contributed by atoms with Crippen molar-refractivity contribution >= 4 is 46.7 Å². The fraction of sp³-hybridized carbons (Fsp3) is 0.300. The predicted molar refractivity (Wildman–Crippen MR) is 110 cm³/mol. The smallest absolute Gasteiger partial charge is 0.255 e. The Kier molecular flexibility index (Phi) is 5.22. The van der Waals surface area contributed by atoms with Crippen molar-refractivity contribution in [3.05, 3.63) is 59.7 Å². The second-order valence-corrected chi connectivity index (χ2v) is 9.04. The van der Waals surface area contributed by atoms with Crippen LogP contribution in [-0.2, 0) is 4.79 Å². The summed E-state index contributed by atoms with van der Waals surface area (Å²) in [5.74, 6) is 2.33. The van der Waals surface area contributed by atoms with E-state index in [-0.39, 0.29) is 11.8 Å². The molecule has 2 aliphatic rings. The number of carbonyl (C=O) groups is 2. The summed E-state index contributed by atoms with van der Waals surface area (Å²) in [5, 5.41) is 2.97. The third-order valence-electron chi connectivity index (χ3n) is 4.58. The van der Waals surface area contributed by atoms with E-state index in [1.807, 2.05) is 72.1 Å². The molecular formula is C20H20N2O2S2. The second kappa shape index (κ2) is 7.76. The minimum Gasteiger partial charge on any atom is -0.320 e. The SMILES string of the molecule is O=C(Nc1ccccc1N1CCCC1=O)c1ccc(C2SCCS2)cc1. The highest BCUT2D eigenvalue weighted by molar-refractivity contribution is 8.19. The molecule has 26 heavy (non-hydrogen) atoms. The van der Waals surface area contributed by atoms with Crippen molar-refractivity contribution in [1.29, 1.82) is 0 Å². The number of para-hydroxylation sites is 2. The Bertz CT molecular complexity index is 817. The van der Waals surface area contributed by atoms with Crippen molar-refractivity contribution in [2.75, 3.05) is 28.3 Å². The maximum absolute atomic E-state index is 12.7. The molecule has 2 aliphatic heterocycles. The predicted octanol–water partition coefficient (Wildman–Crippen LogP) is 4.54. The zero-order valence-corrected chi connectivity index (χ0v) is 15.9. The molecule has 0 aliphatic carbocycles. The normalized spacial score (nSPS) is 17.7. The number of nitrogens with one attached hydrogen (secondary N) is 1. The first-order valence-electron chi connectivity index (χ1n) is 8.76. The first-order valence-corrected chi connectivity index (χ1v) is 10.9. The molecule has 2 aromatic rings. The minimum absolute atomic E-state index is 0.114. The summed E-state index contributed by atoms with van der Waals surface area (Å²) >= 11 is 3.91. The van der Waals surface area contributed by atoms with E-state index in [0.717, 1.165) is 12.1 Å². The first-order chi connectivity index (χ1) is 12.7. The second-order valence-electron chi connectivity index (χ2n) is 6.32. The molecule has 0 unspecified atom stereocenters. The lowest BCUT2D eigenvalue weighted by Crippen LogP contribution is -2.25. The maximum atomic E-state index is 12.7. The van der Waals surface area contributed by atoms with Gasteiger partial charge in [-0.25, -0.2) is 0 Å². The molecule has 2 amide bonds. The van der Waals surface area contributed by atoms with Crippen molar-refractivity contribution in [2.45, 2.75) is 17.4 Å². The summed E-state index contributed by atoms with van der Waals surface area (Å²) in [6.07, 6.45) is 1.43. The van der Waals surface area contributed by atoms with Crippen LogP contribution in [0.4, 0.5) is 11.4 Å². The van der Waals surface area contributed by atoms with E-state index >= 15 is 0 Å². The van der Waals surface area contributed by atoms with Gasteiger partial charge in [-0.1, -0.05) is 24.3 Å². The van der Waals surface area contributed by atoms with Crippen LogP contribution in [0.15, 0.2) is 48.5 Å². The van der Waals surface area contributed by atoms with Gasteiger partial charge in [-0.15, -0.1) is 23.5 Å². The maximum Gasteiger partial charge on any atom is 0.255 e. The zero-order chi connectivity index (χ0) is 17.9. The largest absolute Gasteiger partial charge is 0.320 e. The fourth-order valence-electron chi connectivity index (χ4n) is 3.25. The van der Waals surface area contributed by atoms with Gasteiger partial charge >= 0.3 is 0 Å². The van der Waals surface area contributed by atoms with Crippen LogP contribution >= 0.6 is 23.5 Å². The number of rotatable bonds is 4. The molecule has 0 aromatic heterocycles. The number of thioether (sulfide) groups is 2. The van der Waals surface area contributed by atoms with Crippen LogP contribution in [0.2, 0.25) is 0 Å². The molecule has 0 atom stereocenters. The van der Waals surface area contributed by atoms with Crippen molar-refractivity contribution < 1.29 is 9.59 Å². The highest BCUT2D eigenvalue weighted by Gasteiger charge is 2.24. The summed E-state index contributed by atoms with van der Waals surface area (Å²) in [6.45, 7) is 0.705. The molecule has 0 radical (unpaired) electrons. The van der Waals surface area contributed by atoms with E-state index < -0.39 is 0 Å². The molecule has 6 heteroatoms. The van der Waals surface area contributed by atoms with Crippen LogP contribution in [0.1, 0.15) is 33.3 Å². The Morgan fingerprint density at radius 3 is 2.46 bits per heavy atom. The van der Waals surface area contributed by atoms with E-state index in [2.05, 4.69) is 5.32 Å². The Labute approximate surface area is 161 Å². The average molecular weight is 385 g/mol. The number of nitrogens with zero attached hydrogens (tertiary/aromatic N) is 1. The zero-order valence-electron chi connectivity index (χ0n) is 14.3. The third-order valence-corrected chi connectivity index (χ3v) is 7.69. The lowest BCUT2D eigenvalue weighted by atomic mass is 10.1. The summed E-state index contributed by atoms with van der Waals surface area (Å²) in [5.41, 5.74) is 3.35. The number of benzene rings is 2. The van der Waals surface area contributed by atoms with E-state index in [4.69, 9.17) is 0 Å². The van der Waals surface area contributed by atoms with E-state index in [0.29, 0.717) is 28.8 Å². The molecule has 4 nitrogen and oxygen atoms in total. The van der Waals surface area contributed by atoms with E-state index in [9.17, 15) is 9.59 Å². The van der Waals surface area contributed by atoms with Crippen molar-refractivity contribution in [2.24, 2.45) is 0 Å². The highest BCUT2D eigenvalue weighted by Crippen LogP contribution is 2.45. The third kappa shape index (κ3) is 3.62. The molecule has 2 fully saturated rings. The number of anilines is 2. The Morgan fingerprint density at radius 2 is 1.77 bits per heavy atom. The molecule has 1 N–H and O–H groups in total. The topological polar surface area (TPSA) is 49.4 Å². The highest BCUT2D eigenvalue weighted by atomic mass is 32.2. The number of hydrogen-bond acceptors (Lipinski definition) is 4. The number of hydrogen-bond donors (Lipinski definition) is 1. The summed E-state index contributed by atoms with van der Waals surface area (Å²) in [7, 11) is 0. The van der Waals surface area contributed by atoms with E-state index in [1.165, 1.54) is 17.1 Å². The van der Waals surface area contributed by atoms with Crippen molar-refractivity contribution in [1.82, 2.24) is 0 Å². The van der Waals surface area contributed by atoms with Gasteiger partial charge in [0.1, 0.15) is 0 Å². The summed E-state index contributed by atoms with van der Waals surface area (Å²) in [6, 6.07) is 15.3. The Hall–Kier alpha value is -1.92. The molecule has 0 saturated carbocycles. The average Bonchev–Trinajstić information content (AvgIpc) is 3.34. The standard InChI is InChI=1S/C20H20N2O2S2/c23-18-6-3-11-22(18)17-5-2-1-4-16(17)21-19(24)14-7-9-15(10-8-14)20-25-12-13-26-20/h1-2,4-5,7-10,20H,3,6,11-13H2,(H,21,24). The van der Waals surface area contributed by atoms with Gasteiger partial charge in [0.05, 0.1) is 16.0 Å². The molecule has 2 aromatic carbocycles. The summed E-state index contributed by atoms with van der Waals surface area (Å²) < 4.78 is 0.481. The van der Waals surface area contributed by atoms with Gasteiger partial charge in [0.25, 0.3) is 5.91 Å². The van der Waals surface area contributed by atoms with Crippen LogP contribution < -0.4 is 10.2 Å². The minimum atomic E-state index is -0.151. The van der Waals surface area contributed by atoms with Crippen molar-refractivity contribution in [3.8, 4) is 0 Å². The molecule has 0 spiro atoms. The molecular weight excluding hydrogens is 364 g/mol. The molecule has 2 heterocycles. The van der Waals surface area contributed by atoms with Gasteiger partial charge < -0.3 is 10.2 Å². The monoisotopic (exact) mass is 384 g/mol. The molecule has 4 rings (SSSR count). The van der Waals surface area contributed by atoms with Gasteiger partial charge in [0.15, 0.2) is 0 Å². The number of amides is 2. The fourth-order valence-corrected chi connectivity index (χ4v) is 6.11. The lowest BCUT2D eigenvalue weighted by molar-refractivity contribution is -0.117. The Balaban J connectivity index is 1.50. The quantitative estimate of drug-likeness (QED) is 0.840. The Morgan fingerprint density at radius 1 is 1.04 bits per heavy atom. The van der Waals surface area contributed by atoms with Gasteiger partial charge in [-0.05, 0) is 36.2 Å². The number of carbonyl (C=O) groups excluding carboxylic acids is 2. The van der Waals surface area contributed by atoms with Crippen molar-refractivity contribution in [3.63, 3.8) is 0 Å². The lowest BCUT2D eigenvalue weighted by Gasteiger charge is -2.20. The van der Waals surface area contributed by atoms with Gasteiger partial charge in [0.2, 0.25) is 5.91 Å². The van der Waals surface area contributed by atoms with Crippen LogP contribution in [0.5, 0.6) is 0 Å². The summed E-state index contributed by atoms with van der Waals surface area (Å²) in [4.78, 5) is 26.5. The molecule has 134 valence electrons. The van der Waals surface area contributed by atoms with Crippen LogP contribution in [0, 0.1) is 0 Å². The molecule has 0 bridgehead atoms. The van der Waals surface area contributed by atoms with Gasteiger partial charge in [0, 0.05) is 30.0 Å². The van der Waals surface area contributed by atoms with Gasteiger partial charge in [-0.3, -0.25) is 9.59 Å². The van der Waals surface area contributed by atoms with Crippen LogP contribution in [0.25, 0.3) is 0 Å². The van der Waals surface area contributed by atoms with Crippen LogP contribution in [-0.4, -0.2) is 29.9 Å². The van der Waals surface area contributed by atoms with E-state index in [1.54, 1.807) is 4.90 Å². The molecule has 2 saturated heterocycles. The van der Waals surface area contributed by atoms with Crippen LogP contribution in [0.3, 0.4) is 0 Å². The first kappa shape index (κ1) is 17.5. The van der Waals surface area contributed by atoms with Gasteiger partial charge in [-0.2, -0.15) is 0 Å².